The highest BCUT2D eigenvalue weighted by Gasteiger charge is 2.36. The van der Waals surface area contributed by atoms with E-state index in [9.17, 15) is 0 Å². The van der Waals surface area contributed by atoms with Gasteiger partial charge in [0.2, 0.25) is 0 Å². The molecule has 0 bridgehead atoms. The molecule has 0 radical (unpaired) electrons. The second-order valence-corrected chi connectivity index (χ2v) is 14.4. The van der Waals surface area contributed by atoms with E-state index in [1.807, 2.05) is 23.5 Å². The molecule has 0 amide bonds. The minimum absolute atomic E-state index is 0.308. The van der Waals surface area contributed by atoms with E-state index in [1.165, 1.54) is 42.1 Å². The van der Waals surface area contributed by atoms with Crippen LogP contribution >= 0.6 is 23.5 Å². The lowest BCUT2D eigenvalue weighted by molar-refractivity contribution is 0.294. The molecule has 1 nitrogen and oxygen atoms in total. The van der Waals surface area contributed by atoms with Gasteiger partial charge in [0.1, 0.15) is 0 Å². The third kappa shape index (κ3) is 10.4. The Morgan fingerprint density at radius 1 is 1.05 bits per heavy atom. The predicted molar refractivity (Wildman–Crippen MR) is 111 cm³/mol. The first-order chi connectivity index (χ1) is 10.2. The summed E-state index contributed by atoms with van der Waals surface area (Å²) in [5.74, 6) is 2.49. The fraction of sp³-hybridized carbons (Fsp3) is 0.889. The molecule has 0 fully saturated rings. The number of thioether (sulfide) groups is 2. The van der Waals surface area contributed by atoms with Crippen molar-refractivity contribution in [2.45, 2.75) is 84.9 Å². The maximum Gasteiger partial charge on any atom is 0.191 e. The normalized spacial score (nSPS) is 13.7. The quantitative estimate of drug-likeness (QED) is 0.266. The van der Waals surface area contributed by atoms with Gasteiger partial charge in [0.05, 0.1) is 0 Å². The molecule has 0 heterocycles. The Hall–Kier alpha value is 0.617. The van der Waals surface area contributed by atoms with Gasteiger partial charge in [-0.25, -0.2) is 0 Å². The van der Waals surface area contributed by atoms with Crippen molar-refractivity contribution in [2.75, 3.05) is 18.1 Å². The largest absolute Gasteiger partial charge is 0.416 e. The highest BCUT2D eigenvalue weighted by atomic mass is 32.2. The summed E-state index contributed by atoms with van der Waals surface area (Å²) in [6.45, 7) is 17.0. The molecule has 22 heavy (non-hydrogen) atoms. The van der Waals surface area contributed by atoms with Gasteiger partial charge >= 0.3 is 0 Å². The first-order valence-corrected chi connectivity index (χ1v) is 13.8. The average molecular weight is 363 g/mol. The van der Waals surface area contributed by atoms with Crippen LogP contribution in [0.3, 0.4) is 0 Å². The summed E-state index contributed by atoms with van der Waals surface area (Å²) in [5.41, 5.74) is 0. The van der Waals surface area contributed by atoms with Gasteiger partial charge in [0, 0.05) is 13.0 Å². The van der Waals surface area contributed by atoms with Crippen LogP contribution in [-0.2, 0) is 4.43 Å². The van der Waals surface area contributed by atoms with Gasteiger partial charge in [0.25, 0.3) is 0 Å². The highest BCUT2D eigenvalue weighted by molar-refractivity contribution is 8.06. The lowest BCUT2D eigenvalue weighted by Gasteiger charge is -2.36. The van der Waals surface area contributed by atoms with Crippen LogP contribution in [0.2, 0.25) is 18.1 Å². The van der Waals surface area contributed by atoms with E-state index >= 15 is 0 Å². The van der Waals surface area contributed by atoms with Gasteiger partial charge in [-0.05, 0) is 52.8 Å². The molecule has 0 rings (SSSR count). The van der Waals surface area contributed by atoms with Crippen LogP contribution in [0.5, 0.6) is 0 Å². The average Bonchev–Trinajstić information content (AvgIpc) is 2.41. The Kier molecular flexibility index (Phi) is 12.4. The zero-order valence-corrected chi connectivity index (χ0v) is 18.6. The lowest BCUT2D eigenvalue weighted by atomic mass is 10.2. The van der Waals surface area contributed by atoms with Crippen LogP contribution in [0.1, 0.15) is 66.7 Å². The molecule has 0 aromatic carbocycles. The third-order valence-corrected chi connectivity index (χ3v) is 11.1. The summed E-state index contributed by atoms with van der Waals surface area (Å²) in [7, 11) is -1.60. The summed E-state index contributed by atoms with van der Waals surface area (Å²) >= 11 is 4.02. The number of rotatable bonds is 12. The minimum Gasteiger partial charge on any atom is -0.416 e. The maximum absolute atomic E-state index is 6.33. The fourth-order valence-corrected chi connectivity index (χ4v) is 4.84. The van der Waals surface area contributed by atoms with Crippen molar-refractivity contribution < 1.29 is 4.43 Å². The molecule has 0 aliphatic heterocycles. The molecule has 0 saturated heterocycles. The van der Waals surface area contributed by atoms with Crippen LogP contribution in [0.25, 0.3) is 0 Å². The lowest BCUT2D eigenvalue weighted by Crippen LogP contribution is -2.40. The summed E-state index contributed by atoms with van der Waals surface area (Å²) in [5, 5.41) is 2.70. The molecule has 0 spiro atoms. The van der Waals surface area contributed by atoms with Crippen LogP contribution < -0.4 is 0 Å². The van der Waals surface area contributed by atoms with Gasteiger partial charge < -0.3 is 4.43 Å². The number of hydrogen-bond donors (Lipinski definition) is 0. The number of hydrogen-bond acceptors (Lipinski definition) is 3. The molecule has 0 aliphatic rings. The van der Waals surface area contributed by atoms with E-state index in [1.54, 1.807) is 0 Å². The monoisotopic (exact) mass is 362 g/mol. The molecule has 0 aromatic rings. The second kappa shape index (κ2) is 12.0. The van der Waals surface area contributed by atoms with E-state index in [2.05, 4.69) is 53.1 Å². The first kappa shape index (κ1) is 22.6. The summed E-state index contributed by atoms with van der Waals surface area (Å²) < 4.78 is 6.33. The first-order valence-electron chi connectivity index (χ1n) is 8.82. The van der Waals surface area contributed by atoms with Crippen molar-refractivity contribution >= 4 is 31.8 Å². The summed E-state index contributed by atoms with van der Waals surface area (Å²) in [6.07, 6.45) is 6.27. The van der Waals surface area contributed by atoms with Crippen LogP contribution in [0.4, 0.5) is 0 Å². The SMILES string of the molecule is CCCCS/C=C(/CCO[Si](C)(C)C(C)(C)C)SCCCC. The molecule has 0 atom stereocenters. The molecule has 0 aliphatic carbocycles. The zero-order valence-electron chi connectivity index (χ0n) is 16.0. The second-order valence-electron chi connectivity index (χ2n) is 7.37. The maximum atomic E-state index is 6.33. The van der Waals surface area contributed by atoms with Crippen LogP contribution in [0, 0.1) is 0 Å². The van der Waals surface area contributed by atoms with Gasteiger partial charge in [-0.15, -0.1) is 23.5 Å². The van der Waals surface area contributed by atoms with Crippen LogP contribution in [0.15, 0.2) is 10.3 Å². The molecular weight excluding hydrogens is 324 g/mol. The Labute approximate surface area is 149 Å². The van der Waals surface area contributed by atoms with E-state index < -0.39 is 8.32 Å². The van der Waals surface area contributed by atoms with Crippen molar-refractivity contribution in [1.29, 1.82) is 0 Å². The minimum atomic E-state index is -1.60. The predicted octanol–water partition coefficient (Wildman–Crippen LogP) is 7.31. The third-order valence-electron chi connectivity index (χ3n) is 4.23. The molecule has 4 heteroatoms. The Morgan fingerprint density at radius 2 is 1.64 bits per heavy atom. The zero-order chi connectivity index (χ0) is 17.1. The Balaban J connectivity index is 4.32. The van der Waals surface area contributed by atoms with Gasteiger partial charge in [-0.1, -0.05) is 47.5 Å². The smallest absolute Gasteiger partial charge is 0.191 e. The standard InChI is InChI=1S/C18H38OS2Si/c1-8-10-14-20-16-17(21-15-11-9-2)12-13-19-22(6,7)18(3,4)5/h16H,8-15H2,1-7H3/b17-16-. The van der Waals surface area contributed by atoms with Crippen molar-refractivity contribution in [3.05, 3.63) is 10.3 Å². The molecule has 0 aromatic heterocycles. The van der Waals surface area contributed by atoms with Crippen molar-refractivity contribution in [2.24, 2.45) is 0 Å². The van der Waals surface area contributed by atoms with Crippen molar-refractivity contribution in [3.8, 4) is 0 Å². The van der Waals surface area contributed by atoms with E-state index in [0.29, 0.717) is 5.04 Å². The van der Waals surface area contributed by atoms with Gasteiger partial charge in [-0.3, -0.25) is 0 Å². The van der Waals surface area contributed by atoms with Crippen molar-refractivity contribution in [3.63, 3.8) is 0 Å². The van der Waals surface area contributed by atoms with Crippen molar-refractivity contribution in [1.82, 2.24) is 0 Å². The Morgan fingerprint density at radius 3 is 2.18 bits per heavy atom. The molecule has 0 saturated carbocycles. The van der Waals surface area contributed by atoms with E-state index in [-0.39, 0.29) is 0 Å². The molecular formula is C18H38OS2Si. The molecule has 0 unspecified atom stereocenters. The highest BCUT2D eigenvalue weighted by Crippen LogP contribution is 2.37. The topological polar surface area (TPSA) is 9.23 Å². The van der Waals surface area contributed by atoms with E-state index in [4.69, 9.17) is 4.43 Å². The summed E-state index contributed by atoms with van der Waals surface area (Å²) in [4.78, 5) is 1.52. The Bertz CT molecular complexity index is 309. The van der Waals surface area contributed by atoms with Crippen LogP contribution in [-0.4, -0.2) is 26.4 Å². The molecule has 0 N–H and O–H groups in total. The van der Waals surface area contributed by atoms with Gasteiger partial charge in [0.15, 0.2) is 8.32 Å². The molecule has 132 valence electrons. The number of unbranched alkanes of at least 4 members (excludes halogenated alkanes) is 2. The summed E-state index contributed by atoms with van der Waals surface area (Å²) in [6, 6.07) is 0. The van der Waals surface area contributed by atoms with Gasteiger partial charge in [-0.2, -0.15) is 0 Å². The fourth-order valence-electron chi connectivity index (χ4n) is 1.52. The van der Waals surface area contributed by atoms with E-state index in [0.717, 1.165) is 13.0 Å².